The van der Waals surface area contributed by atoms with E-state index in [1.807, 2.05) is 24.3 Å². The molecule has 2 nitrogen and oxygen atoms in total. The molecule has 0 aliphatic heterocycles. The van der Waals surface area contributed by atoms with Gasteiger partial charge in [0.1, 0.15) is 5.75 Å². The quantitative estimate of drug-likeness (QED) is 0.0648. The van der Waals surface area contributed by atoms with Crippen LogP contribution >= 0.6 is 0 Å². The van der Waals surface area contributed by atoms with Crippen LogP contribution in [0.3, 0.4) is 0 Å². The highest BCUT2D eigenvalue weighted by Gasteiger charge is 2.16. The van der Waals surface area contributed by atoms with Crippen LogP contribution in [0.15, 0.2) is 84.9 Å². The third-order valence-electron chi connectivity index (χ3n) is 9.67. The van der Waals surface area contributed by atoms with Crippen LogP contribution in [0.1, 0.15) is 129 Å². The maximum absolute atomic E-state index is 15.1. The highest BCUT2D eigenvalue weighted by molar-refractivity contribution is 5.74. The topological polar surface area (TPSA) is 18.5 Å². The molecule has 0 bridgehead atoms. The van der Waals surface area contributed by atoms with E-state index in [4.69, 9.17) is 9.47 Å². The average Bonchev–Trinajstić information content (AvgIpc) is 3.15. The van der Waals surface area contributed by atoms with Crippen molar-refractivity contribution in [2.75, 3.05) is 13.2 Å². The Kier molecular flexibility index (Phi) is 18.0. The Bertz CT molecular complexity index is 1480. The zero-order chi connectivity index (χ0) is 35.2. The van der Waals surface area contributed by atoms with Gasteiger partial charge in [0.15, 0.2) is 11.6 Å². The zero-order valence-electron chi connectivity index (χ0n) is 30.8. The molecule has 0 amide bonds. The Morgan fingerprint density at radius 2 is 0.720 bits per heavy atom. The summed E-state index contributed by atoms with van der Waals surface area (Å²) in [6, 6.07) is 27.5. The van der Waals surface area contributed by atoms with Crippen LogP contribution in [-0.4, -0.2) is 13.2 Å². The maximum Gasteiger partial charge on any atom is 0.201 e. The summed E-state index contributed by atoms with van der Waals surface area (Å²) in [5.74, 6) is -0.891. The van der Waals surface area contributed by atoms with E-state index >= 15 is 4.39 Å². The van der Waals surface area contributed by atoms with E-state index in [2.05, 4.69) is 62.4 Å². The summed E-state index contributed by atoms with van der Waals surface area (Å²) in [5, 5.41) is 0. The van der Waals surface area contributed by atoms with Crippen molar-refractivity contribution in [2.45, 2.75) is 129 Å². The summed E-state index contributed by atoms with van der Waals surface area (Å²) in [6.45, 7) is 5.66. The lowest BCUT2D eigenvalue weighted by Crippen LogP contribution is -2.01. The Morgan fingerprint density at radius 3 is 1.16 bits per heavy atom. The number of rotatable bonds is 25. The predicted molar refractivity (Wildman–Crippen MR) is 208 cm³/mol. The van der Waals surface area contributed by atoms with Crippen molar-refractivity contribution in [3.63, 3.8) is 0 Å². The van der Waals surface area contributed by atoms with Gasteiger partial charge >= 0.3 is 0 Å². The van der Waals surface area contributed by atoms with Gasteiger partial charge in [0, 0.05) is 5.56 Å². The summed E-state index contributed by atoms with van der Waals surface area (Å²) in [4.78, 5) is 0. The average molecular weight is 683 g/mol. The van der Waals surface area contributed by atoms with Gasteiger partial charge in [0.05, 0.1) is 13.2 Å². The van der Waals surface area contributed by atoms with Crippen molar-refractivity contribution in [3.8, 4) is 44.9 Å². The molecule has 4 rings (SSSR count). The molecule has 0 aliphatic rings. The van der Waals surface area contributed by atoms with Gasteiger partial charge in [-0.25, -0.2) is 4.39 Å². The summed E-state index contributed by atoms with van der Waals surface area (Å²) >= 11 is 0. The van der Waals surface area contributed by atoms with E-state index in [0.717, 1.165) is 60.3 Å². The van der Waals surface area contributed by atoms with Crippen LogP contribution in [0.4, 0.5) is 8.78 Å². The molecule has 4 aromatic carbocycles. The maximum atomic E-state index is 15.1. The molecule has 4 heteroatoms. The van der Waals surface area contributed by atoms with Crippen molar-refractivity contribution in [2.24, 2.45) is 0 Å². The second-order valence-electron chi connectivity index (χ2n) is 13.8. The number of halogens is 2. The summed E-state index contributed by atoms with van der Waals surface area (Å²) in [7, 11) is 0. The van der Waals surface area contributed by atoms with Crippen molar-refractivity contribution >= 4 is 0 Å². The summed E-state index contributed by atoms with van der Waals surface area (Å²) in [6.07, 6.45) is 22.6. The number of ether oxygens (including phenoxy) is 2. The van der Waals surface area contributed by atoms with Crippen molar-refractivity contribution in [3.05, 3.63) is 96.6 Å². The SMILES string of the molecule is CCCCCCCCCCCCOc1ccc(-c2ccc(-c3ccc(-c4ccc(OCCCCCCCCCC)c(F)c4F)cc3)cc2)cc1. The fourth-order valence-electron chi connectivity index (χ4n) is 6.50. The zero-order valence-corrected chi connectivity index (χ0v) is 30.8. The van der Waals surface area contributed by atoms with Crippen LogP contribution in [0.2, 0.25) is 0 Å². The van der Waals surface area contributed by atoms with E-state index in [9.17, 15) is 4.39 Å². The Labute approximate surface area is 301 Å². The van der Waals surface area contributed by atoms with Crippen LogP contribution < -0.4 is 9.47 Å². The normalized spacial score (nSPS) is 11.2. The molecule has 0 spiro atoms. The molecule has 0 radical (unpaired) electrons. The summed E-state index contributed by atoms with van der Waals surface area (Å²) < 4.78 is 41.6. The minimum Gasteiger partial charge on any atom is -0.494 e. The number of unbranched alkanes of at least 4 members (excludes halogenated alkanes) is 16. The monoisotopic (exact) mass is 682 g/mol. The molecule has 0 saturated heterocycles. The molecule has 50 heavy (non-hydrogen) atoms. The van der Waals surface area contributed by atoms with Crippen LogP contribution in [0.25, 0.3) is 33.4 Å². The highest BCUT2D eigenvalue weighted by Crippen LogP contribution is 2.32. The fourth-order valence-corrected chi connectivity index (χ4v) is 6.50. The summed E-state index contributed by atoms with van der Waals surface area (Å²) in [5.41, 5.74) is 5.22. The molecule has 0 heterocycles. The van der Waals surface area contributed by atoms with E-state index in [-0.39, 0.29) is 11.3 Å². The van der Waals surface area contributed by atoms with Crippen molar-refractivity contribution in [1.29, 1.82) is 0 Å². The lowest BCUT2D eigenvalue weighted by Gasteiger charge is -2.11. The number of hydrogen-bond donors (Lipinski definition) is 0. The molecule has 0 unspecified atom stereocenters. The molecule has 0 aromatic heterocycles. The predicted octanol–water partition coefficient (Wildman–Crippen LogP) is 14.8. The second-order valence-corrected chi connectivity index (χ2v) is 13.8. The van der Waals surface area contributed by atoms with E-state index in [0.29, 0.717) is 12.2 Å². The Morgan fingerprint density at radius 1 is 0.360 bits per heavy atom. The molecule has 0 fully saturated rings. The molecule has 0 saturated carbocycles. The molecule has 0 N–H and O–H groups in total. The first-order valence-electron chi connectivity index (χ1n) is 19.7. The minimum absolute atomic E-state index is 0.0163. The van der Waals surface area contributed by atoms with Gasteiger partial charge in [-0.1, -0.05) is 177 Å². The van der Waals surface area contributed by atoms with Gasteiger partial charge in [-0.2, -0.15) is 4.39 Å². The first-order chi connectivity index (χ1) is 24.6. The molecule has 0 aliphatic carbocycles. The highest BCUT2D eigenvalue weighted by atomic mass is 19.2. The molecule has 4 aromatic rings. The van der Waals surface area contributed by atoms with Gasteiger partial charge in [0.25, 0.3) is 0 Å². The van der Waals surface area contributed by atoms with Gasteiger partial charge in [-0.15, -0.1) is 0 Å². The number of benzene rings is 4. The third-order valence-corrected chi connectivity index (χ3v) is 9.67. The number of hydrogen-bond acceptors (Lipinski definition) is 2. The smallest absolute Gasteiger partial charge is 0.201 e. The molecular weight excluding hydrogens is 623 g/mol. The van der Waals surface area contributed by atoms with Crippen LogP contribution in [0, 0.1) is 11.6 Å². The van der Waals surface area contributed by atoms with Crippen molar-refractivity contribution < 1.29 is 18.3 Å². The Hall–Kier alpha value is -3.66. The van der Waals surface area contributed by atoms with Crippen LogP contribution in [-0.2, 0) is 0 Å². The van der Waals surface area contributed by atoms with E-state index < -0.39 is 11.6 Å². The third kappa shape index (κ3) is 13.2. The van der Waals surface area contributed by atoms with Crippen molar-refractivity contribution in [1.82, 2.24) is 0 Å². The van der Waals surface area contributed by atoms with Crippen LogP contribution in [0.5, 0.6) is 11.5 Å². The largest absolute Gasteiger partial charge is 0.494 e. The standard InChI is InChI=1S/C46H60F2O2/c1-3-5-7-9-11-13-14-16-17-19-35-49-42-31-29-40(30-32-42)38-23-21-37(22-24-38)39-25-27-41(28-26-39)43-33-34-44(46(48)45(43)47)50-36-20-18-15-12-10-8-6-4-2/h21-34H,3-20,35-36H2,1-2H3. The molecular formula is C46H60F2O2. The lowest BCUT2D eigenvalue weighted by atomic mass is 9.98. The minimum atomic E-state index is -0.921. The van der Waals surface area contributed by atoms with Gasteiger partial charge < -0.3 is 9.47 Å². The van der Waals surface area contributed by atoms with Gasteiger partial charge in [-0.3, -0.25) is 0 Å². The molecule has 270 valence electrons. The second kappa shape index (κ2) is 22.9. The Balaban J connectivity index is 1.19. The molecule has 0 atom stereocenters. The van der Waals surface area contributed by atoms with E-state index in [1.165, 1.54) is 89.9 Å². The lowest BCUT2D eigenvalue weighted by molar-refractivity contribution is 0.285. The van der Waals surface area contributed by atoms with Gasteiger partial charge in [0.2, 0.25) is 5.82 Å². The van der Waals surface area contributed by atoms with E-state index in [1.54, 1.807) is 12.1 Å². The first kappa shape index (κ1) is 39.1. The fraction of sp³-hybridized carbons (Fsp3) is 0.478. The first-order valence-corrected chi connectivity index (χ1v) is 19.7. The van der Waals surface area contributed by atoms with Gasteiger partial charge in [-0.05, 0) is 64.9 Å².